The molecule has 0 spiro atoms. The van der Waals surface area contributed by atoms with Crippen LogP contribution >= 0.6 is 11.3 Å². The van der Waals surface area contributed by atoms with Gasteiger partial charge in [0.05, 0.1) is 23.3 Å². The van der Waals surface area contributed by atoms with Crippen molar-refractivity contribution < 1.29 is 10.1 Å². The number of nitrogens with zero attached hydrogens (tertiary/aromatic N) is 3. The number of H-pyrrole nitrogens is 1. The van der Waals surface area contributed by atoms with Crippen molar-refractivity contribution in [2.45, 2.75) is 18.9 Å². The molecule has 1 aliphatic rings. The molecule has 1 atom stereocenters. The van der Waals surface area contributed by atoms with Gasteiger partial charge in [0.2, 0.25) is 5.95 Å². The lowest BCUT2D eigenvalue weighted by molar-refractivity contribution is -0.480. The van der Waals surface area contributed by atoms with Gasteiger partial charge in [0.1, 0.15) is 10.4 Å². The zero-order valence-corrected chi connectivity index (χ0v) is 14.9. The highest BCUT2D eigenvalue weighted by molar-refractivity contribution is 7.17. The van der Waals surface area contributed by atoms with Crippen LogP contribution in [0, 0.1) is 0 Å². The maximum atomic E-state index is 5.67. The molecule has 4 heterocycles. The first kappa shape index (κ1) is 15.7. The molecule has 1 fully saturated rings. The monoisotopic (exact) mass is 367 g/mol. The Morgan fingerprint density at radius 2 is 2.31 bits per heavy atom. The van der Waals surface area contributed by atoms with Crippen molar-refractivity contribution in [3.63, 3.8) is 0 Å². The molecule has 5 rings (SSSR count). The van der Waals surface area contributed by atoms with Crippen LogP contribution in [0.3, 0.4) is 0 Å². The number of anilines is 1. The highest BCUT2D eigenvalue weighted by atomic mass is 32.1. The predicted octanol–water partition coefficient (Wildman–Crippen LogP) is 2.69. The molecule has 3 aromatic heterocycles. The molecule has 7 nitrogen and oxygen atoms in total. The molecule has 1 aliphatic heterocycles. The van der Waals surface area contributed by atoms with Crippen molar-refractivity contribution in [3.05, 3.63) is 35.8 Å². The number of hydrogen-bond acceptors (Lipinski definition) is 6. The topological polar surface area (TPSA) is 92.3 Å². The maximum Gasteiger partial charge on any atom is 0.252 e. The summed E-state index contributed by atoms with van der Waals surface area (Å²) in [5, 5.41) is 15.7. The Morgan fingerprint density at radius 3 is 3.23 bits per heavy atom. The minimum atomic E-state index is 0.257. The molecule has 1 aromatic carbocycles. The summed E-state index contributed by atoms with van der Waals surface area (Å²) in [7, 11) is 0. The molecule has 1 unspecified atom stereocenters. The zero-order valence-electron chi connectivity index (χ0n) is 14.1. The van der Waals surface area contributed by atoms with Crippen LogP contribution in [0.2, 0.25) is 0 Å². The van der Waals surface area contributed by atoms with E-state index < -0.39 is 0 Å². The molecule has 26 heavy (non-hydrogen) atoms. The lowest BCUT2D eigenvalue weighted by Crippen LogP contribution is -2.71. The molecular weight excluding hydrogens is 348 g/mol. The maximum absolute atomic E-state index is 5.67. The lowest BCUT2D eigenvalue weighted by atomic mass is 10.2. The van der Waals surface area contributed by atoms with Crippen LogP contribution in [0.25, 0.3) is 21.1 Å². The Bertz CT molecular complexity index is 1050. The van der Waals surface area contributed by atoms with Crippen LogP contribution in [0.4, 0.5) is 17.5 Å². The average Bonchev–Trinajstić information content (AvgIpc) is 3.40. The van der Waals surface area contributed by atoms with Gasteiger partial charge in [0.15, 0.2) is 0 Å². The third-order valence-corrected chi connectivity index (χ3v) is 5.54. The van der Waals surface area contributed by atoms with Crippen molar-refractivity contribution in [1.82, 2.24) is 20.2 Å². The number of quaternary nitrogens is 1. The van der Waals surface area contributed by atoms with E-state index >= 15 is 0 Å². The fraction of sp³-hybridized carbons (Fsp3) is 0.278. The minimum absolute atomic E-state index is 0.257. The minimum Gasteiger partial charge on any atom is -0.376 e. The number of rotatable bonds is 5. The Balaban J connectivity index is 1.44. The Kier molecular flexibility index (Phi) is 4.00. The van der Waals surface area contributed by atoms with E-state index in [0.717, 1.165) is 58.6 Å². The third-order valence-electron chi connectivity index (χ3n) is 4.61. The highest BCUT2D eigenvalue weighted by Gasteiger charge is 2.18. The number of nitrogens with one attached hydrogen (secondary N) is 2. The number of hydrogen-bond donors (Lipinski definition) is 3. The van der Waals surface area contributed by atoms with Crippen LogP contribution in [-0.2, 0) is 4.74 Å². The number of nitrogens with two attached hydrogens (primary N) is 1. The molecule has 132 valence electrons. The molecular formula is C18H19N6OS+. The van der Waals surface area contributed by atoms with E-state index in [1.165, 1.54) is 0 Å². The summed E-state index contributed by atoms with van der Waals surface area (Å²) in [4.78, 5) is 9.39. The van der Waals surface area contributed by atoms with E-state index in [1.54, 1.807) is 11.3 Å². The Hall–Kier alpha value is -2.55. The van der Waals surface area contributed by atoms with E-state index in [9.17, 15) is 0 Å². The second-order valence-electron chi connectivity index (χ2n) is 6.44. The SMILES string of the molecule is c1cc2nc(NCC3CCCO3)nc([NH2+]c3ccc4[nH]ncc4c3)c2s1. The van der Waals surface area contributed by atoms with E-state index in [-0.39, 0.29) is 6.10 Å². The van der Waals surface area contributed by atoms with Gasteiger partial charge in [-0.15, -0.1) is 11.3 Å². The molecule has 0 bridgehead atoms. The second-order valence-corrected chi connectivity index (χ2v) is 7.36. The Labute approximate surface area is 153 Å². The molecule has 8 heteroatoms. The summed E-state index contributed by atoms with van der Waals surface area (Å²) in [6, 6.07) is 8.26. The standard InChI is InChI=1S/C18H18N6OS/c1-2-13(25-6-1)10-19-18-22-15-5-7-26-16(15)17(23-18)21-12-3-4-14-11(8-12)9-20-24-14/h3-5,7-9,13H,1-2,6,10H2,(H,20,24)(H2,19,21,22,23)/p+1. The van der Waals surface area contributed by atoms with E-state index in [2.05, 4.69) is 43.3 Å². The van der Waals surface area contributed by atoms with E-state index in [0.29, 0.717) is 5.95 Å². The summed E-state index contributed by atoms with van der Waals surface area (Å²) in [6.45, 7) is 1.60. The van der Waals surface area contributed by atoms with Crippen LogP contribution in [0.15, 0.2) is 35.8 Å². The van der Waals surface area contributed by atoms with Gasteiger partial charge in [-0.05, 0) is 30.4 Å². The fourth-order valence-corrected chi connectivity index (χ4v) is 4.08. The van der Waals surface area contributed by atoms with Gasteiger partial charge in [-0.1, -0.05) is 0 Å². The number of fused-ring (bicyclic) bond motifs is 2. The molecule has 4 aromatic rings. The van der Waals surface area contributed by atoms with Crippen LogP contribution in [-0.4, -0.2) is 39.4 Å². The van der Waals surface area contributed by atoms with E-state index in [1.807, 2.05) is 18.3 Å². The first-order valence-corrected chi connectivity index (χ1v) is 9.62. The summed E-state index contributed by atoms with van der Waals surface area (Å²) in [5.41, 5.74) is 3.10. The van der Waals surface area contributed by atoms with Crippen LogP contribution < -0.4 is 10.6 Å². The fourth-order valence-electron chi connectivity index (χ4n) is 3.28. The summed E-state index contributed by atoms with van der Waals surface area (Å²) >= 11 is 1.66. The van der Waals surface area contributed by atoms with Crippen LogP contribution in [0.5, 0.6) is 0 Å². The number of aromatic nitrogens is 4. The molecule has 0 saturated carbocycles. The van der Waals surface area contributed by atoms with Gasteiger partial charge in [-0.3, -0.25) is 10.4 Å². The number of aromatic amines is 1. The average molecular weight is 367 g/mol. The largest absolute Gasteiger partial charge is 0.376 e. The summed E-state index contributed by atoms with van der Waals surface area (Å²) < 4.78 is 6.77. The Morgan fingerprint density at radius 1 is 1.31 bits per heavy atom. The first-order valence-electron chi connectivity index (χ1n) is 8.74. The van der Waals surface area contributed by atoms with Gasteiger partial charge < -0.3 is 10.1 Å². The normalized spacial score (nSPS) is 17.3. The van der Waals surface area contributed by atoms with Crippen molar-refractivity contribution in [3.8, 4) is 0 Å². The van der Waals surface area contributed by atoms with Crippen LogP contribution in [0.1, 0.15) is 12.8 Å². The molecule has 0 radical (unpaired) electrons. The number of ether oxygens (including phenoxy) is 1. The summed E-state index contributed by atoms with van der Waals surface area (Å²) in [6.07, 6.45) is 4.32. The number of thiophene rings is 1. The lowest BCUT2D eigenvalue weighted by Gasteiger charge is -2.11. The van der Waals surface area contributed by atoms with Crippen molar-refractivity contribution >= 4 is 49.9 Å². The molecule has 0 aliphatic carbocycles. The second kappa shape index (κ2) is 6.64. The van der Waals surface area contributed by atoms with Crippen molar-refractivity contribution in [1.29, 1.82) is 0 Å². The zero-order chi connectivity index (χ0) is 17.3. The van der Waals surface area contributed by atoms with Crippen molar-refractivity contribution in [2.24, 2.45) is 0 Å². The van der Waals surface area contributed by atoms with Gasteiger partial charge >= 0.3 is 0 Å². The van der Waals surface area contributed by atoms with Crippen molar-refractivity contribution in [2.75, 3.05) is 18.5 Å². The predicted molar refractivity (Wildman–Crippen MR) is 102 cm³/mol. The quantitative estimate of drug-likeness (QED) is 0.472. The number of benzene rings is 1. The molecule has 4 N–H and O–H groups in total. The highest BCUT2D eigenvalue weighted by Crippen LogP contribution is 2.26. The summed E-state index contributed by atoms with van der Waals surface area (Å²) in [5.74, 6) is 1.59. The van der Waals surface area contributed by atoms with Gasteiger partial charge in [0, 0.05) is 30.7 Å². The molecule has 0 amide bonds. The van der Waals surface area contributed by atoms with Gasteiger partial charge in [-0.2, -0.15) is 10.1 Å². The van der Waals surface area contributed by atoms with Gasteiger partial charge in [0.25, 0.3) is 5.82 Å². The van der Waals surface area contributed by atoms with E-state index in [4.69, 9.17) is 9.72 Å². The smallest absolute Gasteiger partial charge is 0.252 e. The first-order chi connectivity index (χ1) is 12.8. The van der Waals surface area contributed by atoms with Gasteiger partial charge in [-0.25, -0.2) is 4.98 Å². The molecule has 1 saturated heterocycles. The third kappa shape index (κ3) is 3.03.